The van der Waals surface area contributed by atoms with Crippen LogP contribution >= 0.6 is 0 Å². The Morgan fingerprint density at radius 1 is 1.03 bits per heavy atom. The number of ether oxygens (including phenoxy) is 2. The lowest BCUT2D eigenvalue weighted by atomic mass is 9.98. The van der Waals surface area contributed by atoms with Crippen LogP contribution in [0.4, 0.5) is 5.69 Å². The molecule has 168 valence electrons. The molecule has 1 amide bonds. The number of amides is 1. The summed E-state index contributed by atoms with van der Waals surface area (Å²) in [5.74, 6) is -0.902. The average Bonchev–Trinajstić information content (AvgIpc) is 3.09. The highest BCUT2D eigenvalue weighted by molar-refractivity contribution is 6.51. The minimum Gasteiger partial charge on any atom is -0.507 e. The van der Waals surface area contributed by atoms with Crippen LogP contribution in [0.1, 0.15) is 31.1 Å². The van der Waals surface area contributed by atoms with E-state index in [1.54, 1.807) is 72.9 Å². The second-order valence-electron chi connectivity index (χ2n) is 7.79. The number of carbonyl (C=O) groups is 2. The lowest BCUT2D eigenvalue weighted by molar-refractivity contribution is -0.132. The maximum atomic E-state index is 13.2. The molecule has 0 bridgehead atoms. The van der Waals surface area contributed by atoms with E-state index in [-0.39, 0.29) is 17.4 Å². The van der Waals surface area contributed by atoms with E-state index in [1.807, 2.05) is 13.8 Å². The predicted molar refractivity (Wildman–Crippen MR) is 124 cm³/mol. The Hall–Kier alpha value is -4.13. The summed E-state index contributed by atoms with van der Waals surface area (Å²) >= 11 is 0. The average molecular weight is 444 g/mol. The zero-order chi connectivity index (χ0) is 23.5. The van der Waals surface area contributed by atoms with Crippen LogP contribution in [0.2, 0.25) is 0 Å². The van der Waals surface area contributed by atoms with Crippen molar-refractivity contribution in [3.63, 3.8) is 0 Å². The van der Waals surface area contributed by atoms with E-state index in [0.717, 1.165) is 0 Å². The van der Waals surface area contributed by atoms with E-state index in [1.165, 1.54) is 12.0 Å². The van der Waals surface area contributed by atoms with Crippen molar-refractivity contribution in [2.45, 2.75) is 26.0 Å². The molecule has 1 saturated heterocycles. The zero-order valence-electron chi connectivity index (χ0n) is 18.6. The van der Waals surface area contributed by atoms with E-state index in [2.05, 4.69) is 4.98 Å². The highest BCUT2D eigenvalue weighted by Crippen LogP contribution is 2.44. The highest BCUT2D eigenvalue weighted by atomic mass is 16.5. The topological polar surface area (TPSA) is 89.0 Å². The summed E-state index contributed by atoms with van der Waals surface area (Å²) < 4.78 is 11.2. The highest BCUT2D eigenvalue weighted by Gasteiger charge is 2.48. The number of pyridine rings is 1. The summed E-state index contributed by atoms with van der Waals surface area (Å²) in [7, 11) is 1.49. The quantitative estimate of drug-likeness (QED) is 0.342. The smallest absolute Gasteiger partial charge is 0.300 e. The van der Waals surface area contributed by atoms with E-state index < -0.39 is 17.7 Å². The number of Topliss-reactive ketones (excluding diaryl/α,β-unsaturated/α-hetero) is 1. The molecule has 1 atom stereocenters. The molecular weight excluding hydrogens is 420 g/mol. The summed E-state index contributed by atoms with van der Waals surface area (Å²) in [6.45, 7) is 3.79. The number of aliphatic hydroxyl groups is 1. The molecule has 0 spiro atoms. The predicted octanol–water partition coefficient (Wildman–Crippen LogP) is 4.50. The molecule has 7 nitrogen and oxygen atoms in total. The Morgan fingerprint density at radius 2 is 1.79 bits per heavy atom. The first-order chi connectivity index (χ1) is 15.9. The molecule has 1 aliphatic rings. The summed E-state index contributed by atoms with van der Waals surface area (Å²) in [6.07, 6.45) is 1.52. The first-order valence-electron chi connectivity index (χ1n) is 10.5. The second kappa shape index (κ2) is 9.16. The molecule has 1 aromatic heterocycles. The van der Waals surface area contributed by atoms with Gasteiger partial charge in [0.25, 0.3) is 11.7 Å². The molecule has 1 fully saturated rings. The summed E-state index contributed by atoms with van der Waals surface area (Å²) in [4.78, 5) is 32.2. The molecule has 4 rings (SSSR count). The van der Waals surface area contributed by atoms with Crippen LogP contribution in [-0.4, -0.2) is 35.0 Å². The van der Waals surface area contributed by atoms with Crippen molar-refractivity contribution in [3.8, 4) is 11.5 Å². The van der Waals surface area contributed by atoms with Crippen LogP contribution in [0.5, 0.6) is 11.5 Å². The number of nitrogens with zero attached hydrogens (tertiary/aromatic N) is 2. The Morgan fingerprint density at radius 3 is 2.48 bits per heavy atom. The number of benzene rings is 2. The van der Waals surface area contributed by atoms with Gasteiger partial charge < -0.3 is 14.6 Å². The maximum absolute atomic E-state index is 13.2. The number of ketones is 1. The maximum Gasteiger partial charge on any atom is 0.300 e. The number of carbonyl (C=O) groups excluding carboxylic acids is 2. The number of para-hydroxylation sites is 2. The van der Waals surface area contributed by atoms with Gasteiger partial charge >= 0.3 is 0 Å². The lowest BCUT2D eigenvalue weighted by Gasteiger charge is -2.26. The van der Waals surface area contributed by atoms with Gasteiger partial charge in [0.15, 0.2) is 0 Å². The third-order valence-electron chi connectivity index (χ3n) is 5.24. The van der Waals surface area contributed by atoms with Crippen LogP contribution in [0, 0.1) is 0 Å². The van der Waals surface area contributed by atoms with Crippen molar-refractivity contribution in [3.05, 3.63) is 89.8 Å². The summed E-state index contributed by atoms with van der Waals surface area (Å²) in [5.41, 5.74) is 1.17. The Bertz CT molecular complexity index is 1220. The number of methoxy groups -OCH3 is 1. The van der Waals surface area contributed by atoms with Gasteiger partial charge in [0.2, 0.25) is 0 Å². The number of aliphatic hydroxyl groups excluding tert-OH is 1. The molecule has 33 heavy (non-hydrogen) atoms. The van der Waals surface area contributed by atoms with Gasteiger partial charge in [-0.2, -0.15) is 0 Å². The number of hydrogen-bond donors (Lipinski definition) is 1. The SMILES string of the molecule is COc1ccccc1N1C(=O)C(=O)/C(=C(\O)c2cccc(OC(C)C)c2)C1c1ccccn1. The second-order valence-corrected chi connectivity index (χ2v) is 7.79. The molecule has 2 aromatic carbocycles. The van der Waals surface area contributed by atoms with Gasteiger partial charge in [-0.25, -0.2) is 0 Å². The van der Waals surface area contributed by atoms with Gasteiger partial charge in [0.05, 0.1) is 30.2 Å². The molecule has 0 saturated carbocycles. The van der Waals surface area contributed by atoms with Crippen LogP contribution in [0.15, 0.2) is 78.5 Å². The monoisotopic (exact) mass is 444 g/mol. The van der Waals surface area contributed by atoms with Crippen molar-refractivity contribution >= 4 is 23.1 Å². The Labute approximate surface area is 191 Å². The standard InChI is InChI=1S/C26H24N2O5/c1-16(2)33-18-10-8-9-17(15-18)24(29)22-23(19-11-6-7-14-27-19)28(26(31)25(22)30)20-12-4-5-13-21(20)32-3/h4-16,23,29H,1-3H3/b24-22-. The normalized spacial score (nSPS) is 17.5. The van der Waals surface area contributed by atoms with Crippen molar-refractivity contribution in [2.75, 3.05) is 12.0 Å². The van der Waals surface area contributed by atoms with Crippen LogP contribution in [-0.2, 0) is 9.59 Å². The molecule has 1 N–H and O–H groups in total. The number of rotatable bonds is 6. The number of hydrogen-bond acceptors (Lipinski definition) is 6. The van der Waals surface area contributed by atoms with Crippen LogP contribution < -0.4 is 14.4 Å². The minimum absolute atomic E-state index is 0.0497. The Kier molecular flexibility index (Phi) is 6.13. The Balaban J connectivity index is 1.92. The third kappa shape index (κ3) is 4.17. The van der Waals surface area contributed by atoms with Crippen molar-refractivity contribution in [1.29, 1.82) is 0 Å². The van der Waals surface area contributed by atoms with Gasteiger partial charge in [-0.3, -0.25) is 19.5 Å². The fraction of sp³-hybridized carbons (Fsp3) is 0.192. The number of aromatic nitrogens is 1. The van der Waals surface area contributed by atoms with Crippen molar-refractivity contribution < 1.29 is 24.2 Å². The van der Waals surface area contributed by atoms with E-state index >= 15 is 0 Å². The fourth-order valence-electron chi connectivity index (χ4n) is 3.87. The molecule has 0 radical (unpaired) electrons. The summed E-state index contributed by atoms with van der Waals surface area (Å²) in [5, 5.41) is 11.3. The molecular formula is C26H24N2O5. The van der Waals surface area contributed by atoms with E-state index in [9.17, 15) is 14.7 Å². The van der Waals surface area contributed by atoms with Gasteiger partial charge in [0, 0.05) is 11.8 Å². The van der Waals surface area contributed by atoms with Crippen molar-refractivity contribution in [2.24, 2.45) is 0 Å². The van der Waals surface area contributed by atoms with E-state index in [4.69, 9.17) is 9.47 Å². The zero-order valence-corrected chi connectivity index (χ0v) is 18.6. The van der Waals surface area contributed by atoms with Gasteiger partial charge in [-0.1, -0.05) is 30.3 Å². The minimum atomic E-state index is -0.933. The van der Waals surface area contributed by atoms with Gasteiger partial charge in [-0.05, 0) is 50.2 Å². The first-order valence-corrected chi connectivity index (χ1v) is 10.5. The largest absolute Gasteiger partial charge is 0.507 e. The van der Waals surface area contributed by atoms with E-state index in [0.29, 0.717) is 28.4 Å². The third-order valence-corrected chi connectivity index (χ3v) is 5.24. The lowest BCUT2D eigenvalue weighted by Crippen LogP contribution is -2.30. The molecule has 7 heteroatoms. The molecule has 0 aliphatic carbocycles. The first kappa shape index (κ1) is 22.1. The molecule has 3 aromatic rings. The molecule has 2 heterocycles. The molecule has 1 aliphatic heterocycles. The van der Waals surface area contributed by atoms with Gasteiger partial charge in [-0.15, -0.1) is 0 Å². The van der Waals surface area contributed by atoms with Crippen LogP contribution in [0.3, 0.4) is 0 Å². The molecule has 1 unspecified atom stereocenters. The van der Waals surface area contributed by atoms with Crippen LogP contribution in [0.25, 0.3) is 5.76 Å². The summed E-state index contributed by atoms with van der Waals surface area (Å²) in [6, 6.07) is 18.0. The van der Waals surface area contributed by atoms with Gasteiger partial charge in [0.1, 0.15) is 23.3 Å². The number of anilines is 1. The van der Waals surface area contributed by atoms with Crippen molar-refractivity contribution in [1.82, 2.24) is 4.98 Å². The fourth-order valence-corrected chi connectivity index (χ4v) is 3.87.